The summed E-state index contributed by atoms with van der Waals surface area (Å²) in [6.07, 6.45) is 6.42. The molecule has 1 aliphatic carbocycles. The quantitative estimate of drug-likeness (QED) is 0.299. The second-order valence-corrected chi connectivity index (χ2v) is 6.38. The van der Waals surface area contributed by atoms with Crippen molar-refractivity contribution in [1.29, 1.82) is 0 Å². The molecule has 5 heteroatoms. The molecule has 0 radical (unpaired) electrons. The SMILES string of the molecule is Fc1cc(N=C=S)cc(F)c1C#Cc1ccc(C2CC=CC2)s1. The molecule has 0 saturated carbocycles. The third-order valence-corrected chi connectivity index (χ3v) is 4.80. The molecular weight excluding hydrogens is 332 g/mol. The number of hydrogen-bond acceptors (Lipinski definition) is 3. The van der Waals surface area contributed by atoms with Gasteiger partial charge in [0.1, 0.15) is 11.6 Å². The van der Waals surface area contributed by atoms with E-state index in [4.69, 9.17) is 0 Å². The van der Waals surface area contributed by atoms with E-state index < -0.39 is 11.6 Å². The summed E-state index contributed by atoms with van der Waals surface area (Å²) in [6, 6.07) is 6.12. The molecule has 3 rings (SSSR count). The number of thiocarbonyl (C=S) groups is 1. The van der Waals surface area contributed by atoms with Crippen molar-refractivity contribution in [3.63, 3.8) is 0 Å². The van der Waals surface area contributed by atoms with E-state index in [9.17, 15) is 8.78 Å². The van der Waals surface area contributed by atoms with Crippen LogP contribution in [0, 0.1) is 23.5 Å². The fourth-order valence-electron chi connectivity index (χ4n) is 2.41. The number of benzene rings is 1. The molecule has 2 aromatic rings. The lowest BCUT2D eigenvalue weighted by atomic mass is 10.1. The molecule has 0 N–H and O–H groups in total. The van der Waals surface area contributed by atoms with Crippen LogP contribution in [0.5, 0.6) is 0 Å². The molecule has 0 atom stereocenters. The molecule has 114 valence electrons. The molecule has 1 nitrogen and oxygen atoms in total. The molecule has 0 fully saturated rings. The number of nitrogens with zero attached hydrogens (tertiary/aromatic N) is 1. The van der Waals surface area contributed by atoms with Gasteiger partial charge in [0, 0.05) is 22.9 Å². The maximum absolute atomic E-state index is 13.9. The fourth-order valence-corrected chi connectivity index (χ4v) is 3.50. The van der Waals surface area contributed by atoms with Gasteiger partial charge in [0.2, 0.25) is 0 Å². The van der Waals surface area contributed by atoms with Crippen LogP contribution in [0.15, 0.2) is 41.4 Å². The minimum atomic E-state index is -0.752. The highest BCUT2D eigenvalue weighted by Crippen LogP contribution is 2.33. The van der Waals surface area contributed by atoms with Crippen LogP contribution in [0.2, 0.25) is 0 Å². The van der Waals surface area contributed by atoms with Gasteiger partial charge in [-0.1, -0.05) is 24.0 Å². The maximum Gasteiger partial charge on any atom is 0.143 e. The summed E-state index contributed by atoms with van der Waals surface area (Å²) in [4.78, 5) is 5.62. The molecule has 23 heavy (non-hydrogen) atoms. The summed E-state index contributed by atoms with van der Waals surface area (Å²) in [6.45, 7) is 0. The largest absolute Gasteiger partial charge is 0.205 e. The van der Waals surface area contributed by atoms with Gasteiger partial charge < -0.3 is 0 Å². The zero-order valence-electron chi connectivity index (χ0n) is 12.0. The second-order valence-electron chi connectivity index (χ2n) is 5.08. The molecule has 0 amide bonds. The molecule has 1 aromatic carbocycles. The number of aliphatic imine (C=N–C) groups is 1. The van der Waals surface area contributed by atoms with Crippen molar-refractivity contribution in [1.82, 2.24) is 0 Å². The van der Waals surface area contributed by atoms with Crippen molar-refractivity contribution in [2.24, 2.45) is 4.99 Å². The van der Waals surface area contributed by atoms with Gasteiger partial charge in [0.15, 0.2) is 0 Å². The third-order valence-electron chi connectivity index (χ3n) is 3.55. The number of isothiocyanates is 1. The van der Waals surface area contributed by atoms with E-state index in [1.807, 2.05) is 12.1 Å². The summed E-state index contributed by atoms with van der Waals surface area (Å²) >= 11 is 6.00. The lowest BCUT2D eigenvalue weighted by Gasteiger charge is -2.03. The first-order chi connectivity index (χ1) is 11.2. The second kappa shape index (κ2) is 6.97. The molecule has 0 saturated heterocycles. The van der Waals surface area contributed by atoms with E-state index in [2.05, 4.69) is 46.4 Å². The Morgan fingerprint density at radius 3 is 2.43 bits per heavy atom. The molecule has 1 heterocycles. The van der Waals surface area contributed by atoms with Gasteiger partial charge in [-0.05, 0) is 37.2 Å². The van der Waals surface area contributed by atoms with Gasteiger partial charge in [0.25, 0.3) is 0 Å². The van der Waals surface area contributed by atoms with Gasteiger partial charge in [-0.25, -0.2) is 8.78 Å². The van der Waals surface area contributed by atoms with Gasteiger partial charge in [0.05, 0.1) is 21.3 Å². The minimum absolute atomic E-state index is 0.0905. The first kappa shape index (κ1) is 15.8. The van der Waals surface area contributed by atoms with Crippen LogP contribution in [-0.4, -0.2) is 5.16 Å². The Morgan fingerprint density at radius 2 is 1.78 bits per heavy atom. The van der Waals surface area contributed by atoms with Gasteiger partial charge in [-0.15, -0.1) is 11.3 Å². The van der Waals surface area contributed by atoms with Crippen LogP contribution in [0.25, 0.3) is 0 Å². The Balaban J connectivity index is 1.85. The highest BCUT2D eigenvalue weighted by atomic mass is 32.1. The smallest absolute Gasteiger partial charge is 0.143 e. The first-order valence-electron chi connectivity index (χ1n) is 7.01. The van der Waals surface area contributed by atoms with Crippen LogP contribution in [0.1, 0.15) is 34.1 Å². The number of thiophene rings is 1. The molecule has 1 aliphatic rings. The predicted octanol–water partition coefficient (Wildman–Crippen LogP) is 5.59. The highest BCUT2D eigenvalue weighted by Gasteiger charge is 2.14. The Hall–Kier alpha value is -2.12. The Kier molecular flexibility index (Phi) is 4.78. The number of allylic oxidation sites excluding steroid dienone is 2. The fraction of sp³-hybridized carbons (Fsp3) is 0.167. The summed E-state index contributed by atoms with van der Waals surface area (Å²) < 4.78 is 27.8. The van der Waals surface area contributed by atoms with Gasteiger partial charge in [-0.2, -0.15) is 4.99 Å². The van der Waals surface area contributed by atoms with Gasteiger partial charge >= 0.3 is 0 Å². The highest BCUT2D eigenvalue weighted by molar-refractivity contribution is 7.78. The minimum Gasteiger partial charge on any atom is -0.205 e. The van der Waals surface area contributed by atoms with Crippen molar-refractivity contribution in [3.8, 4) is 11.8 Å². The van der Waals surface area contributed by atoms with Crippen LogP contribution in [-0.2, 0) is 0 Å². The maximum atomic E-state index is 13.9. The molecule has 0 unspecified atom stereocenters. The molecule has 0 aliphatic heterocycles. The molecule has 1 aromatic heterocycles. The van der Waals surface area contributed by atoms with E-state index in [0.29, 0.717) is 5.92 Å². The van der Waals surface area contributed by atoms with Crippen molar-refractivity contribution < 1.29 is 8.78 Å². The van der Waals surface area contributed by atoms with Gasteiger partial charge in [-0.3, -0.25) is 0 Å². The average molecular weight is 343 g/mol. The predicted molar refractivity (Wildman–Crippen MR) is 92.5 cm³/mol. The lowest BCUT2D eigenvalue weighted by molar-refractivity contribution is 0.578. The van der Waals surface area contributed by atoms with Crippen LogP contribution >= 0.6 is 23.6 Å². The summed E-state index contributed by atoms with van der Waals surface area (Å²) in [5.41, 5.74) is -0.168. The monoisotopic (exact) mass is 343 g/mol. The number of halogens is 2. The van der Waals surface area contributed by atoms with E-state index in [0.717, 1.165) is 29.9 Å². The van der Waals surface area contributed by atoms with Crippen LogP contribution in [0.4, 0.5) is 14.5 Å². The van der Waals surface area contributed by atoms with Crippen molar-refractivity contribution in [2.45, 2.75) is 18.8 Å². The van der Waals surface area contributed by atoms with E-state index in [-0.39, 0.29) is 11.3 Å². The Morgan fingerprint density at radius 1 is 1.09 bits per heavy atom. The Bertz CT molecular complexity index is 849. The lowest BCUT2D eigenvalue weighted by Crippen LogP contribution is -1.89. The van der Waals surface area contributed by atoms with E-state index in [1.165, 1.54) is 4.88 Å². The number of hydrogen-bond donors (Lipinski definition) is 0. The first-order valence-corrected chi connectivity index (χ1v) is 8.23. The van der Waals surface area contributed by atoms with Crippen LogP contribution in [0.3, 0.4) is 0 Å². The normalized spacial score (nSPS) is 13.5. The van der Waals surface area contributed by atoms with Crippen LogP contribution < -0.4 is 0 Å². The third kappa shape index (κ3) is 3.62. The zero-order valence-corrected chi connectivity index (χ0v) is 13.6. The number of rotatable bonds is 2. The standard InChI is InChI=1S/C18H11F2NS2/c19-16-9-13(21-11-22)10-17(20)15(16)7-5-14-6-8-18(23-14)12-3-1-2-4-12/h1-2,6,8-10,12H,3-4H2. The Labute approximate surface area is 142 Å². The van der Waals surface area contributed by atoms with Crippen molar-refractivity contribution in [2.75, 3.05) is 0 Å². The van der Waals surface area contributed by atoms with Crippen molar-refractivity contribution >= 4 is 34.4 Å². The molecule has 0 spiro atoms. The van der Waals surface area contributed by atoms with E-state index in [1.54, 1.807) is 11.3 Å². The van der Waals surface area contributed by atoms with Crippen molar-refractivity contribution in [3.05, 3.63) is 63.4 Å². The molecule has 0 bridgehead atoms. The molecular formula is C18H11F2NS2. The average Bonchev–Trinajstić information content (AvgIpc) is 3.18. The summed E-state index contributed by atoms with van der Waals surface area (Å²) in [5, 5.41) is 2.08. The summed E-state index contributed by atoms with van der Waals surface area (Å²) in [7, 11) is 0. The summed E-state index contributed by atoms with van der Waals surface area (Å²) in [5.74, 6) is 4.42. The topological polar surface area (TPSA) is 12.4 Å². The van der Waals surface area contributed by atoms with E-state index >= 15 is 0 Å². The zero-order chi connectivity index (χ0) is 16.2.